The highest BCUT2D eigenvalue weighted by Crippen LogP contribution is 2.24. The molecule has 1 aliphatic heterocycles. The lowest BCUT2D eigenvalue weighted by Crippen LogP contribution is -2.35. The molecule has 1 aromatic rings. The molecule has 21 heavy (non-hydrogen) atoms. The van der Waals surface area contributed by atoms with Crippen molar-refractivity contribution in [1.82, 2.24) is 4.72 Å². The van der Waals surface area contributed by atoms with Crippen LogP contribution in [0.4, 0.5) is 8.78 Å². The van der Waals surface area contributed by atoms with Gasteiger partial charge in [0, 0.05) is 17.9 Å². The molecule has 8 heteroatoms. The van der Waals surface area contributed by atoms with Crippen molar-refractivity contribution in [3.05, 3.63) is 29.3 Å². The van der Waals surface area contributed by atoms with Gasteiger partial charge in [-0.2, -0.15) is 11.8 Å². The van der Waals surface area contributed by atoms with Gasteiger partial charge in [0.15, 0.2) is 0 Å². The second kappa shape index (κ2) is 6.75. The Hall–Kier alpha value is -1.14. The minimum absolute atomic E-state index is 0.275. The van der Waals surface area contributed by atoms with Crippen LogP contribution in [0.3, 0.4) is 0 Å². The Morgan fingerprint density at radius 2 is 2.19 bits per heavy atom. The Morgan fingerprint density at radius 3 is 2.81 bits per heavy atom. The summed E-state index contributed by atoms with van der Waals surface area (Å²) in [5.41, 5.74) is -0.306. The second-order valence-electron chi connectivity index (χ2n) is 4.41. The zero-order chi connectivity index (χ0) is 15.5. The Morgan fingerprint density at radius 1 is 1.43 bits per heavy atom. The highest BCUT2D eigenvalue weighted by molar-refractivity contribution is 7.99. The molecule has 1 fully saturated rings. The number of halogens is 2. The summed E-state index contributed by atoms with van der Waals surface area (Å²) >= 11 is 1.60. The zero-order valence-corrected chi connectivity index (χ0v) is 12.5. The maximum absolute atomic E-state index is 13.9. The number of thioether (sulfide) groups is 1. The molecule has 0 aliphatic carbocycles. The summed E-state index contributed by atoms with van der Waals surface area (Å²) in [7, 11) is -4.14. The highest BCUT2D eigenvalue weighted by Gasteiger charge is 2.28. The Labute approximate surface area is 126 Å². The van der Waals surface area contributed by atoms with Gasteiger partial charge in [-0.25, -0.2) is 21.9 Å². The molecule has 0 radical (unpaired) electrons. The molecule has 0 amide bonds. The molecule has 0 bridgehead atoms. The van der Waals surface area contributed by atoms with Gasteiger partial charge in [-0.15, -0.1) is 0 Å². The third-order valence-corrected chi connectivity index (χ3v) is 5.59. The number of aliphatic hydroxyl groups is 1. The third kappa shape index (κ3) is 3.95. The number of nitrogens with one attached hydrogen (secondary N) is 1. The summed E-state index contributed by atoms with van der Waals surface area (Å²) in [5.74, 6) is 3.79. The topological polar surface area (TPSA) is 66.4 Å². The molecule has 1 atom stereocenters. The zero-order valence-electron chi connectivity index (χ0n) is 10.9. The molecule has 2 N–H and O–H groups in total. The summed E-state index contributed by atoms with van der Waals surface area (Å²) in [6, 6.07) is 1.06. The second-order valence-corrected chi connectivity index (χ2v) is 7.21. The van der Waals surface area contributed by atoms with Gasteiger partial charge in [0.05, 0.1) is 5.56 Å². The number of rotatable bonds is 3. The first-order chi connectivity index (χ1) is 9.94. The molecular formula is C13H13F2NO3S2. The van der Waals surface area contributed by atoms with Crippen LogP contribution in [0.5, 0.6) is 0 Å². The van der Waals surface area contributed by atoms with E-state index in [1.165, 1.54) is 0 Å². The summed E-state index contributed by atoms with van der Waals surface area (Å²) in [5, 5.41) is 8.66. The van der Waals surface area contributed by atoms with E-state index in [9.17, 15) is 17.2 Å². The van der Waals surface area contributed by atoms with E-state index in [1.807, 2.05) is 0 Å². The molecule has 1 saturated heterocycles. The molecule has 1 aliphatic rings. The molecule has 2 rings (SSSR count). The maximum atomic E-state index is 13.9. The molecule has 114 valence electrons. The van der Waals surface area contributed by atoms with E-state index < -0.39 is 33.2 Å². The lowest BCUT2D eigenvalue weighted by atomic mass is 10.2. The summed E-state index contributed by atoms with van der Waals surface area (Å²) in [6.45, 7) is -0.537. The summed E-state index contributed by atoms with van der Waals surface area (Å²) in [6.07, 6.45) is 0.657. The number of hydrogen-bond acceptors (Lipinski definition) is 4. The van der Waals surface area contributed by atoms with Gasteiger partial charge in [0.25, 0.3) is 0 Å². The van der Waals surface area contributed by atoms with Crippen molar-refractivity contribution in [2.24, 2.45) is 0 Å². The third-order valence-electron chi connectivity index (χ3n) is 2.83. The normalized spacial score (nSPS) is 18.3. The Bertz CT molecular complexity index is 689. The molecule has 0 aromatic heterocycles. The van der Waals surface area contributed by atoms with Crippen LogP contribution in [0.15, 0.2) is 17.0 Å². The Kier molecular flexibility index (Phi) is 5.22. The average Bonchev–Trinajstić information content (AvgIpc) is 2.86. The van der Waals surface area contributed by atoms with Crippen molar-refractivity contribution in [2.75, 3.05) is 18.1 Å². The van der Waals surface area contributed by atoms with Gasteiger partial charge in [0.1, 0.15) is 23.1 Å². The number of benzene rings is 1. The van der Waals surface area contributed by atoms with E-state index in [2.05, 4.69) is 16.6 Å². The molecule has 1 unspecified atom stereocenters. The lowest BCUT2D eigenvalue weighted by molar-refractivity contribution is 0.350. The molecule has 1 aromatic carbocycles. The Balaban J connectivity index is 2.45. The van der Waals surface area contributed by atoms with E-state index in [-0.39, 0.29) is 11.6 Å². The van der Waals surface area contributed by atoms with Crippen LogP contribution in [-0.2, 0) is 10.0 Å². The average molecular weight is 333 g/mol. The van der Waals surface area contributed by atoms with Gasteiger partial charge in [-0.1, -0.05) is 11.8 Å². The van der Waals surface area contributed by atoms with E-state index in [1.54, 1.807) is 11.8 Å². The van der Waals surface area contributed by atoms with Crippen molar-refractivity contribution in [1.29, 1.82) is 0 Å². The number of sulfonamides is 1. The van der Waals surface area contributed by atoms with E-state index in [4.69, 9.17) is 5.11 Å². The SMILES string of the molecule is O=S(=O)(NC1CCSC1)c1c(F)cc(F)cc1C#CCO. The maximum Gasteiger partial charge on any atom is 0.245 e. The van der Waals surface area contributed by atoms with Crippen molar-refractivity contribution in [3.63, 3.8) is 0 Å². The van der Waals surface area contributed by atoms with Crippen LogP contribution in [0, 0.1) is 23.5 Å². The quantitative estimate of drug-likeness (QED) is 0.813. The van der Waals surface area contributed by atoms with E-state index >= 15 is 0 Å². The largest absolute Gasteiger partial charge is 0.384 e. The molecule has 0 saturated carbocycles. The standard InChI is InChI=1S/C13H13F2NO3S2/c14-10-6-9(2-1-4-17)13(12(15)7-10)21(18,19)16-11-3-5-20-8-11/h6-7,11,16-17H,3-5,8H2. The number of hydrogen-bond donors (Lipinski definition) is 2. The first kappa shape index (κ1) is 16.2. The van der Waals surface area contributed by atoms with Crippen LogP contribution in [0.2, 0.25) is 0 Å². The monoisotopic (exact) mass is 333 g/mol. The fourth-order valence-corrected chi connectivity index (χ4v) is 4.70. The smallest absolute Gasteiger partial charge is 0.245 e. The predicted molar refractivity (Wildman–Crippen MR) is 76.4 cm³/mol. The van der Waals surface area contributed by atoms with E-state index in [0.29, 0.717) is 18.2 Å². The molecule has 4 nitrogen and oxygen atoms in total. The van der Waals surface area contributed by atoms with Crippen molar-refractivity contribution >= 4 is 21.8 Å². The lowest BCUT2D eigenvalue weighted by Gasteiger charge is -2.14. The number of aliphatic hydroxyl groups excluding tert-OH is 1. The van der Waals surface area contributed by atoms with Crippen LogP contribution >= 0.6 is 11.8 Å². The molecule has 0 spiro atoms. The van der Waals surface area contributed by atoms with Gasteiger partial charge in [-0.05, 0) is 18.2 Å². The van der Waals surface area contributed by atoms with Crippen molar-refractivity contribution in [2.45, 2.75) is 17.4 Å². The minimum Gasteiger partial charge on any atom is -0.384 e. The molecular weight excluding hydrogens is 320 g/mol. The fourth-order valence-electron chi connectivity index (χ4n) is 1.97. The van der Waals surface area contributed by atoms with Gasteiger partial charge >= 0.3 is 0 Å². The molecule has 1 heterocycles. The van der Waals surface area contributed by atoms with Crippen molar-refractivity contribution < 1.29 is 22.3 Å². The van der Waals surface area contributed by atoms with Crippen LogP contribution in [0.25, 0.3) is 0 Å². The van der Waals surface area contributed by atoms with E-state index in [0.717, 1.165) is 11.8 Å². The first-order valence-corrected chi connectivity index (χ1v) is 8.76. The minimum atomic E-state index is -4.14. The summed E-state index contributed by atoms with van der Waals surface area (Å²) in [4.78, 5) is -0.679. The van der Waals surface area contributed by atoms with Crippen LogP contribution < -0.4 is 4.72 Å². The highest BCUT2D eigenvalue weighted by atomic mass is 32.2. The van der Waals surface area contributed by atoms with Gasteiger partial charge in [0.2, 0.25) is 10.0 Å². The van der Waals surface area contributed by atoms with Crippen LogP contribution in [-0.4, -0.2) is 37.7 Å². The first-order valence-electron chi connectivity index (χ1n) is 6.13. The predicted octanol–water partition coefficient (Wildman–Crippen LogP) is 1.09. The van der Waals surface area contributed by atoms with Crippen LogP contribution in [0.1, 0.15) is 12.0 Å². The van der Waals surface area contributed by atoms with Gasteiger partial charge in [-0.3, -0.25) is 0 Å². The summed E-state index contributed by atoms with van der Waals surface area (Å²) < 4.78 is 54.1. The van der Waals surface area contributed by atoms with Gasteiger partial charge < -0.3 is 5.11 Å². The van der Waals surface area contributed by atoms with Crippen molar-refractivity contribution in [3.8, 4) is 11.8 Å². The fraction of sp³-hybridized carbons (Fsp3) is 0.385.